The van der Waals surface area contributed by atoms with Crippen molar-refractivity contribution >= 4 is 11.7 Å². The first-order chi connectivity index (χ1) is 13.6. The minimum absolute atomic E-state index is 0.0901. The lowest BCUT2D eigenvalue weighted by Crippen LogP contribution is -2.28. The lowest BCUT2D eigenvalue weighted by Gasteiger charge is -2.37. The third kappa shape index (κ3) is 3.37. The van der Waals surface area contributed by atoms with Gasteiger partial charge in [0.1, 0.15) is 0 Å². The highest BCUT2D eigenvalue weighted by Gasteiger charge is 2.39. The van der Waals surface area contributed by atoms with Gasteiger partial charge in [0.05, 0.1) is 0 Å². The van der Waals surface area contributed by atoms with E-state index >= 15 is 0 Å². The van der Waals surface area contributed by atoms with Crippen LogP contribution < -0.4 is 10.6 Å². The fourth-order valence-electron chi connectivity index (χ4n) is 4.83. The van der Waals surface area contributed by atoms with Gasteiger partial charge in [-0.2, -0.15) is 5.10 Å². The third-order valence-corrected chi connectivity index (χ3v) is 6.81. The van der Waals surface area contributed by atoms with Crippen molar-refractivity contribution in [3.63, 3.8) is 0 Å². The summed E-state index contributed by atoms with van der Waals surface area (Å²) in [7, 11) is 0. The van der Waals surface area contributed by atoms with Gasteiger partial charge in [0.15, 0.2) is 5.82 Å². The molecule has 0 bridgehead atoms. The summed E-state index contributed by atoms with van der Waals surface area (Å²) in [5.74, 6) is 2.71. The Hall–Kier alpha value is -2.14. The normalized spacial score (nSPS) is 26.7. The van der Waals surface area contributed by atoms with Crippen LogP contribution in [0.3, 0.4) is 0 Å². The second kappa shape index (κ2) is 7.03. The van der Waals surface area contributed by atoms with E-state index in [0.29, 0.717) is 24.2 Å². The molecule has 3 aliphatic rings. The molecule has 5 nitrogen and oxygen atoms in total. The lowest BCUT2D eigenvalue weighted by atomic mass is 9.67. The van der Waals surface area contributed by atoms with Crippen LogP contribution in [-0.4, -0.2) is 22.1 Å². The maximum atomic E-state index is 12.0. The first kappa shape index (κ1) is 17.9. The van der Waals surface area contributed by atoms with Crippen molar-refractivity contribution in [2.45, 2.75) is 76.3 Å². The monoisotopic (exact) mass is 378 g/mol. The van der Waals surface area contributed by atoms with E-state index in [9.17, 15) is 4.79 Å². The molecule has 1 aromatic heterocycles. The minimum atomic E-state index is 0.0901. The molecule has 2 heterocycles. The number of aromatic amines is 1. The standard InChI is InChI=1S/C23H30N4O/c1-13(2)19-11-20(28)25-23-21(19)22(26-27-23)17-9-16(10-17)15-5-3-4-14(8-15)12-24-18-6-7-18/h3-5,8,13,16-19,24H,6-7,9-12H2,1-2H3,(H2,25,26,27,28). The summed E-state index contributed by atoms with van der Waals surface area (Å²) in [6.07, 6.45) is 5.55. The number of nitrogens with zero attached hydrogens (tertiary/aromatic N) is 1. The van der Waals surface area contributed by atoms with Crippen LogP contribution in [-0.2, 0) is 11.3 Å². The van der Waals surface area contributed by atoms with Crippen molar-refractivity contribution in [1.29, 1.82) is 0 Å². The molecular weight excluding hydrogens is 348 g/mol. The number of hydrogen-bond donors (Lipinski definition) is 3. The van der Waals surface area contributed by atoms with Gasteiger partial charge in [-0.05, 0) is 48.6 Å². The third-order valence-electron chi connectivity index (χ3n) is 6.81. The molecule has 2 fully saturated rings. The fourth-order valence-corrected chi connectivity index (χ4v) is 4.83. The van der Waals surface area contributed by atoms with Crippen molar-refractivity contribution in [3.05, 3.63) is 46.6 Å². The number of H-pyrrole nitrogens is 1. The molecular formula is C23H30N4O. The Kier molecular flexibility index (Phi) is 4.50. The average Bonchev–Trinajstić information content (AvgIpc) is 3.38. The Balaban J connectivity index is 1.29. The second-order valence-corrected chi connectivity index (χ2v) is 9.27. The van der Waals surface area contributed by atoms with E-state index in [1.165, 1.54) is 35.2 Å². The number of anilines is 1. The highest BCUT2D eigenvalue weighted by atomic mass is 16.1. The Labute approximate surface area is 166 Å². The maximum absolute atomic E-state index is 12.0. The Bertz CT molecular complexity index is 876. The molecule has 28 heavy (non-hydrogen) atoms. The molecule has 2 aliphatic carbocycles. The van der Waals surface area contributed by atoms with Gasteiger partial charge in [-0.25, -0.2) is 0 Å². The fraction of sp³-hybridized carbons (Fsp3) is 0.565. The van der Waals surface area contributed by atoms with Crippen LogP contribution in [0.25, 0.3) is 0 Å². The number of carbonyl (C=O) groups is 1. The lowest BCUT2D eigenvalue weighted by molar-refractivity contribution is -0.117. The van der Waals surface area contributed by atoms with E-state index < -0.39 is 0 Å². The predicted molar refractivity (Wildman–Crippen MR) is 110 cm³/mol. The number of carbonyl (C=O) groups excluding carboxylic acids is 1. The summed E-state index contributed by atoms with van der Waals surface area (Å²) in [5.41, 5.74) is 5.39. The zero-order valence-corrected chi connectivity index (χ0v) is 16.8. The molecule has 1 atom stereocenters. The molecule has 148 valence electrons. The molecule has 1 aliphatic heterocycles. The quantitative estimate of drug-likeness (QED) is 0.697. The Morgan fingerprint density at radius 3 is 2.79 bits per heavy atom. The highest BCUT2D eigenvalue weighted by Crippen LogP contribution is 2.51. The molecule has 5 heteroatoms. The number of fused-ring (bicyclic) bond motifs is 1. The summed E-state index contributed by atoms with van der Waals surface area (Å²) in [5, 5.41) is 14.3. The van der Waals surface area contributed by atoms with E-state index in [2.05, 4.69) is 58.9 Å². The van der Waals surface area contributed by atoms with E-state index in [1.54, 1.807) is 0 Å². The van der Waals surface area contributed by atoms with Crippen LogP contribution in [0.4, 0.5) is 5.82 Å². The van der Waals surface area contributed by atoms with E-state index in [4.69, 9.17) is 0 Å². The molecule has 3 N–H and O–H groups in total. The van der Waals surface area contributed by atoms with Crippen molar-refractivity contribution in [2.75, 3.05) is 5.32 Å². The van der Waals surface area contributed by atoms with Crippen molar-refractivity contribution < 1.29 is 4.79 Å². The van der Waals surface area contributed by atoms with Gasteiger partial charge < -0.3 is 10.6 Å². The highest BCUT2D eigenvalue weighted by molar-refractivity contribution is 5.93. The van der Waals surface area contributed by atoms with Crippen LogP contribution in [0, 0.1) is 5.92 Å². The van der Waals surface area contributed by atoms with E-state index in [-0.39, 0.29) is 11.8 Å². The predicted octanol–water partition coefficient (Wildman–Crippen LogP) is 4.40. The summed E-state index contributed by atoms with van der Waals surface area (Å²) < 4.78 is 0. The average molecular weight is 379 g/mol. The second-order valence-electron chi connectivity index (χ2n) is 9.27. The van der Waals surface area contributed by atoms with Gasteiger partial charge in [-0.15, -0.1) is 0 Å². The van der Waals surface area contributed by atoms with Crippen LogP contribution in [0.15, 0.2) is 24.3 Å². The maximum Gasteiger partial charge on any atom is 0.226 e. The van der Waals surface area contributed by atoms with Gasteiger partial charge >= 0.3 is 0 Å². The number of aromatic nitrogens is 2. The van der Waals surface area contributed by atoms with Crippen LogP contribution in [0.5, 0.6) is 0 Å². The number of hydrogen-bond acceptors (Lipinski definition) is 3. The topological polar surface area (TPSA) is 69.8 Å². The van der Waals surface area contributed by atoms with Crippen molar-refractivity contribution in [2.24, 2.45) is 5.92 Å². The first-order valence-corrected chi connectivity index (χ1v) is 10.8. The van der Waals surface area contributed by atoms with Gasteiger partial charge in [-0.3, -0.25) is 9.89 Å². The minimum Gasteiger partial charge on any atom is -0.310 e. The van der Waals surface area contributed by atoms with E-state index in [1.807, 2.05) is 0 Å². The largest absolute Gasteiger partial charge is 0.310 e. The molecule has 0 radical (unpaired) electrons. The van der Waals surface area contributed by atoms with Crippen LogP contribution in [0.2, 0.25) is 0 Å². The summed E-state index contributed by atoms with van der Waals surface area (Å²) in [6.45, 7) is 5.39. The molecule has 0 saturated heterocycles. The SMILES string of the molecule is CC(C)C1CC(=O)Nc2n[nH]c(C3CC(c4cccc(CNC5CC5)c4)C3)c21. The smallest absolute Gasteiger partial charge is 0.226 e. The van der Waals surface area contributed by atoms with Gasteiger partial charge in [0.2, 0.25) is 5.91 Å². The van der Waals surface area contributed by atoms with Gasteiger partial charge in [-0.1, -0.05) is 38.1 Å². The molecule has 1 amide bonds. The molecule has 1 aromatic carbocycles. The summed E-state index contributed by atoms with van der Waals surface area (Å²) >= 11 is 0. The zero-order chi connectivity index (χ0) is 19.3. The molecule has 2 aromatic rings. The molecule has 2 saturated carbocycles. The van der Waals surface area contributed by atoms with Gasteiger partial charge in [0.25, 0.3) is 0 Å². The van der Waals surface area contributed by atoms with Crippen molar-refractivity contribution in [3.8, 4) is 0 Å². The number of nitrogens with one attached hydrogen (secondary N) is 3. The molecule has 5 rings (SSSR count). The zero-order valence-electron chi connectivity index (χ0n) is 16.8. The summed E-state index contributed by atoms with van der Waals surface area (Å²) in [6, 6.07) is 9.85. The Morgan fingerprint density at radius 2 is 2.04 bits per heavy atom. The Morgan fingerprint density at radius 1 is 1.21 bits per heavy atom. The number of amides is 1. The number of rotatable bonds is 6. The van der Waals surface area contributed by atoms with Gasteiger partial charge in [0, 0.05) is 42.1 Å². The van der Waals surface area contributed by atoms with Crippen molar-refractivity contribution in [1.82, 2.24) is 15.5 Å². The molecule has 1 unspecified atom stereocenters. The van der Waals surface area contributed by atoms with Crippen LogP contribution >= 0.6 is 0 Å². The first-order valence-electron chi connectivity index (χ1n) is 10.8. The number of benzene rings is 1. The van der Waals surface area contributed by atoms with E-state index in [0.717, 1.165) is 31.2 Å². The van der Waals surface area contributed by atoms with Crippen LogP contribution in [0.1, 0.15) is 86.1 Å². The molecule has 0 spiro atoms. The summed E-state index contributed by atoms with van der Waals surface area (Å²) in [4.78, 5) is 12.0.